The first-order valence-corrected chi connectivity index (χ1v) is 12.8. The summed E-state index contributed by atoms with van der Waals surface area (Å²) in [5, 5.41) is 48.4. The molecule has 0 aliphatic carbocycles. The molecular weight excluding hydrogens is 444 g/mol. The van der Waals surface area contributed by atoms with E-state index in [9.17, 15) is 25.2 Å². The molecule has 1 saturated heterocycles. The van der Waals surface area contributed by atoms with E-state index in [0.29, 0.717) is 0 Å². The van der Waals surface area contributed by atoms with E-state index in [-0.39, 0.29) is 19.6 Å². The van der Waals surface area contributed by atoms with Gasteiger partial charge < -0.3 is 39.7 Å². The van der Waals surface area contributed by atoms with Crippen molar-refractivity contribution in [3.8, 4) is 0 Å². The number of ether oxygens (including phenoxy) is 3. The monoisotopic (exact) mass is 490 g/mol. The third kappa shape index (κ3) is 13.1. The highest BCUT2D eigenvalue weighted by Crippen LogP contribution is 2.22. The Balaban J connectivity index is 2.02. The van der Waals surface area contributed by atoms with Crippen LogP contribution in [0, 0.1) is 0 Å². The second-order valence-corrected chi connectivity index (χ2v) is 8.99. The van der Waals surface area contributed by atoms with E-state index in [1.807, 2.05) is 0 Å². The predicted molar refractivity (Wildman–Crippen MR) is 127 cm³/mol. The Bertz CT molecular complexity index is 540. The van der Waals surface area contributed by atoms with Crippen molar-refractivity contribution in [1.29, 1.82) is 0 Å². The number of rotatable bonds is 19. The van der Waals surface area contributed by atoms with E-state index >= 15 is 0 Å². The van der Waals surface area contributed by atoms with Crippen LogP contribution < -0.4 is 0 Å². The summed E-state index contributed by atoms with van der Waals surface area (Å²) in [6.07, 6.45) is 9.27. The van der Waals surface area contributed by atoms with E-state index in [2.05, 4.69) is 19.1 Å². The van der Waals surface area contributed by atoms with E-state index in [4.69, 9.17) is 19.3 Å². The van der Waals surface area contributed by atoms with Crippen molar-refractivity contribution in [1.82, 2.24) is 0 Å². The van der Waals surface area contributed by atoms with Crippen LogP contribution in [-0.2, 0) is 19.0 Å². The van der Waals surface area contributed by atoms with Gasteiger partial charge in [-0.1, -0.05) is 57.6 Å². The topological polar surface area (TPSA) is 146 Å². The Morgan fingerprint density at radius 1 is 0.882 bits per heavy atom. The molecule has 1 heterocycles. The highest BCUT2D eigenvalue weighted by molar-refractivity contribution is 5.69. The minimum absolute atomic E-state index is 0.263. The van der Waals surface area contributed by atoms with E-state index in [1.54, 1.807) is 0 Å². The van der Waals surface area contributed by atoms with Crippen LogP contribution >= 0.6 is 0 Å². The molecule has 0 radical (unpaired) electrons. The smallest absolute Gasteiger partial charge is 0.305 e. The molecular formula is C25H46O9. The van der Waals surface area contributed by atoms with Crippen LogP contribution in [0.25, 0.3) is 0 Å². The number of aliphatic hydroxyl groups is 5. The fourth-order valence-corrected chi connectivity index (χ4v) is 3.71. The molecule has 1 fully saturated rings. The highest BCUT2D eigenvalue weighted by atomic mass is 16.7. The third-order valence-electron chi connectivity index (χ3n) is 5.88. The number of aliphatic hydroxyl groups excluding tert-OH is 5. The molecule has 34 heavy (non-hydrogen) atoms. The molecule has 1 rings (SSSR count). The zero-order valence-corrected chi connectivity index (χ0v) is 20.6. The molecule has 0 spiro atoms. The van der Waals surface area contributed by atoms with Gasteiger partial charge >= 0.3 is 5.97 Å². The van der Waals surface area contributed by atoms with Crippen molar-refractivity contribution in [2.24, 2.45) is 0 Å². The van der Waals surface area contributed by atoms with Crippen LogP contribution in [-0.4, -0.2) is 88.1 Å². The second-order valence-electron chi connectivity index (χ2n) is 8.99. The number of carbonyl (C=O) groups is 1. The van der Waals surface area contributed by atoms with Gasteiger partial charge in [-0.25, -0.2) is 0 Å². The summed E-state index contributed by atoms with van der Waals surface area (Å²) in [5.74, 6) is -0.391. The number of esters is 1. The average Bonchev–Trinajstić information content (AvgIpc) is 2.83. The molecule has 200 valence electrons. The molecule has 1 aliphatic rings. The molecule has 5 N–H and O–H groups in total. The molecule has 6 unspecified atom stereocenters. The third-order valence-corrected chi connectivity index (χ3v) is 5.88. The molecule has 1 aliphatic heterocycles. The number of hydrogen-bond acceptors (Lipinski definition) is 9. The van der Waals surface area contributed by atoms with Gasteiger partial charge in [-0.15, -0.1) is 0 Å². The van der Waals surface area contributed by atoms with Gasteiger partial charge in [-0.2, -0.15) is 0 Å². The van der Waals surface area contributed by atoms with E-state index in [0.717, 1.165) is 38.5 Å². The number of hydrogen-bond donors (Lipinski definition) is 5. The predicted octanol–water partition coefficient (Wildman–Crippen LogP) is 1.96. The molecule has 0 saturated carbocycles. The lowest BCUT2D eigenvalue weighted by atomic mass is 9.99. The van der Waals surface area contributed by atoms with Crippen LogP contribution in [0.5, 0.6) is 0 Å². The normalized spacial score (nSPS) is 26.1. The van der Waals surface area contributed by atoms with Crippen LogP contribution in [0.2, 0.25) is 0 Å². The minimum atomic E-state index is -1.55. The lowest BCUT2D eigenvalue weighted by Gasteiger charge is -2.39. The maximum absolute atomic E-state index is 11.8. The van der Waals surface area contributed by atoms with Gasteiger partial charge in [-0.05, 0) is 32.1 Å². The summed E-state index contributed by atoms with van der Waals surface area (Å²) in [5.41, 5.74) is 0. The molecule has 0 aromatic heterocycles. The molecule has 9 nitrogen and oxygen atoms in total. The summed E-state index contributed by atoms with van der Waals surface area (Å²) in [4.78, 5) is 11.8. The SMILES string of the molecule is CCCCCCC=CCCCCCCCC(=O)OCC(O)COC1OC(CO)C(O)C(O)C1O. The van der Waals surface area contributed by atoms with Gasteiger partial charge in [0, 0.05) is 6.42 Å². The quantitative estimate of drug-likeness (QED) is 0.104. The summed E-state index contributed by atoms with van der Waals surface area (Å²) in [6, 6.07) is 0. The van der Waals surface area contributed by atoms with Crippen LogP contribution in [0.15, 0.2) is 12.2 Å². The second kappa shape index (κ2) is 19.2. The minimum Gasteiger partial charge on any atom is -0.463 e. The summed E-state index contributed by atoms with van der Waals surface area (Å²) < 4.78 is 15.5. The number of unbranched alkanes of at least 4 members (excludes halogenated alkanes) is 9. The lowest BCUT2D eigenvalue weighted by Crippen LogP contribution is -2.59. The Morgan fingerprint density at radius 2 is 1.50 bits per heavy atom. The van der Waals surface area contributed by atoms with Crippen LogP contribution in [0.4, 0.5) is 0 Å². The molecule has 0 amide bonds. The van der Waals surface area contributed by atoms with Crippen molar-refractivity contribution >= 4 is 5.97 Å². The van der Waals surface area contributed by atoms with Gasteiger partial charge in [0.1, 0.15) is 37.1 Å². The summed E-state index contributed by atoms with van der Waals surface area (Å²) in [7, 11) is 0. The van der Waals surface area contributed by atoms with Gasteiger partial charge in [-0.3, -0.25) is 4.79 Å². The van der Waals surface area contributed by atoms with Crippen molar-refractivity contribution < 1.29 is 44.5 Å². The van der Waals surface area contributed by atoms with Gasteiger partial charge in [0.25, 0.3) is 0 Å². The molecule has 0 aromatic rings. The summed E-state index contributed by atoms with van der Waals surface area (Å²) in [6.45, 7) is 1.07. The number of allylic oxidation sites excluding steroid dienone is 2. The zero-order valence-electron chi connectivity index (χ0n) is 20.6. The van der Waals surface area contributed by atoms with E-state index in [1.165, 1.54) is 32.1 Å². The van der Waals surface area contributed by atoms with Crippen molar-refractivity contribution in [2.75, 3.05) is 19.8 Å². The Labute approximate surface area is 203 Å². The highest BCUT2D eigenvalue weighted by Gasteiger charge is 2.44. The van der Waals surface area contributed by atoms with Crippen LogP contribution in [0.1, 0.15) is 84.0 Å². The Hall–Kier alpha value is -1.07. The Morgan fingerprint density at radius 3 is 2.15 bits per heavy atom. The van der Waals surface area contributed by atoms with E-state index < -0.39 is 49.4 Å². The average molecular weight is 491 g/mol. The first-order chi connectivity index (χ1) is 16.4. The van der Waals surface area contributed by atoms with Crippen molar-refractivity contribution in [3.63, 3.8) is 0 Å². The maximum atomic E-state index is 11.8. The molecule has 0 bridgehead atoms. The van der Waals surface area contributed by atoms with Crippen molar-refractivity contribution in [3.05, 3.63) is 12.2 Å². The zero-order chi connectivity index (χ0) is 25.2. The molecule has 0 aromatic carbocycles. The molecule has 9 heteroatoms. The lowest BCUT2D eigenvalue weighted by molar-refractivity contribution is -0.305. The van der Waals surface area contributed by atoms with Gasteiger partial charge in [0.2, 0.25) is 0 Å². The fraction of sp³-hybridized carbons (Fsp3) is 0.880. The standard InChI is InChI=1S/C25H46O9/c1-2-3-4-5-6-7-8-9-10-11-12-13-14-15-21(28)32-17-19(27)18-33-25-24(31)23(30)22(29)20(16-26)34-25/h7-8,19-20,22-27,29-31H,2-6,9-18H2,1H3. The Kier molecular flexibility index (Phi) is 17.4. The first-order valence-electron chi connectivity index (χ1n) is 12.8. The molecule has 6 atom stereocenters. The number of carbonyl (C=O) groups excluding carboxylic acids is 1. The first kappa shape index (κ1) is 31.0. The van der Waals surface area contributed by atoms with Crippen molar-refractivity contribution in [2.45, 2.75) is 121 Å². The fourth-order valence-electron chi connectivity index (χ4n) is 3.71. The summed E-state index contributed by atoms with van der Waals surface area (Å²) >= 11 is 0. The van der Waals surface area contributed by atoms with Crippen LogP contribution in [0.3, 0.4) is 0 Å². The van der Waals surface area contributed by atoms with Gasteiger partial charge in [0.05, 0.1) is 13.2 Å². The largest absolute Gasteiger partial charge is 0.463 e. The van der Waals surface area contributed by atoms with Gasteiger partial charge in [0.15, 0.2) is 6.29 Å². The maximum Gasteiger partial charge on any atom is 0.305 e.